The first-order valence-electron chi connectivity index (χ1n) is 12.9. The second-order valence-corrected chi connectivity index (χ2v) is 22.4. The molecule has 1 heterocycles. The molecule has 0 aliphatic rings. The first-order valence-corrected chi connectivity index (χ1v) is 19.1. The van der Waals surface area contributed by atoms with E-state index in [1.54, 1.807) is 15.6 Å². The Hall–Kier alpha value is -1.33. The summed E-state index contributed by atoms with van der Waals surface area (Å²) in [5.74, 6) is 0. The Morgan fingerprint density at radius 1 is 0.500 bits per heavy atom. The van der Waals surface area contributed by atoms with Crippen molar-refractivity contribution < 1.29 is 0 Å². The zero-order valence-corrected chi connectivity index (χ0v) is 28.4. The van der Waals surface area contributed by atoms with Gasteiger partial charge in [0, 0.05) is 5.03 Å². The molecule has 0 spiro atoms. The normalized spacial score (nSPS) is 12.7. The Morgan fingerprint density at radius 3 is 1.11 bits per heavy atom. The van der Waals surface area contributed by atoms with Gasteiger partial charge in [0.25, 0.3) is 0 Å². The molecule has 0 saturated heterocycles. The van der Waals surface area contributed by atoms with Gasteiger partial charge in [-0.2, -0.15) is 0 Å². The SMILES string of the molecule is CC(C)(C)c1pc(C(C)(C)C)c(C(C)(C)C)[pH]1.c1cc[c]([Sn]([c]2ccccc2)[c]2ccccc2)cc1. The number of benzene rings is 3. The Kier molecular flexibility index (Phi) is 9.76. The second kappa shape index (κ2) is 12.0. The Balaban J connectivity index is 0.000000202. The molecule has 3 heteroatoms. The summed E-state index contributed by atoms with van der Waals surface area (Å²) in [7, 11) is 2.44. The zero-order valence-electron chi connectivity index (χ0n) is 23.6. The quantitative estimate of drug-likeness (QED) is 0.202. The van der Waals surface area contributed by atoms with E-state index in [4.69, 9.17) is 0 Å². The first kappa shape index (κ1) is 29.2. The summed E-state index contributed by atoms with van der Waals surface area (Å²) in [4.78, 5) is 0. The van der Waals surface area contributed by atoms with Gasteiger partial charge < -0.3 is 0 Å². The summed E-state index contributed by atoms with van der Waals surface area (Å²) in [5, 5.41) is 5.09. The van der Waals surface area contributed by atoms with Crippen molar-refractivity contribution in [1.82, 2.24) is 0 Å². The maximum atomic E-state index is 2.36. The van der Waals surface area contributed by atoms with E-state index in [9.17, 15) is 0 Å². The monoisotopic (exact) mass is 621 g/mol. The molecule has 0 aliphatic heterocycles. The third-order valence-corrected chi connectivity index (χ3v) is 19.0. The molecular formula is C33H43P2Sn. The van der Waals surface area contributed by atoms with Crippen molar-refractivity contribution in [2.75, 3.05) is 0 Å². The maximum absolute atomic E-state index is 2.36. The molecule has 1 aromatic heterocycles. The van der Waals surface area contributed by atoms with E-state index in [0.717, 1.165) is 8.19 Å². The van der Waals surface area contributed by atoms with Crippen molar-refractivity contribution in [3.05, 3.63) is 107 Å². The van der Waals surface area contributed by atoms with Crippen molar-refractivity contribution in [2.24, 2.45) is 0 Å². The van der Waals surface area contributed by atoms with Crippen LogP contribution in [0.3, 0.4) is 0 Å². The van der Waals surface area contributed by atoms with Crippen LogP contribution in [0.15, 0.2) is 91.0 Å². The molecule has 1 atom stereocenters. The van der Waals surface area contributed by atoms with Crippen molar-refractivity contribution in [2.45, 2.75) is 78.6 Å². The van der Waals surface area contributed by atoms with Crippen LogP contribution in [0.4, 0.5) is 0 Å². The zero-order chi connectivity index (χ0) is 26.6. The van der Waals surface area contributed by atoms with Gasteiger partial charge in [-0.25, -0.2) is 0 Å². The molecule has 0 aliphatic carbocycles. The van der Waals surface area contributed by atoms with E-state index < -0.39 is 19.8 Å². The van der Waals surface area contributed by atoms with E-state index in [0.29, 0.717) is 16.2 Å². The van der Waals surface area contributed by atoms with E-state index in [2.05, 4.69) is 153 Å². The molecule has 0 bridgehead atoms. The van der Waals surface area contributed by atoms with Crippen molar-refractivity contribution in [3.8, 4) is 0 Å². The Morgan fingerprint density at radius 2 is 0.861 bits per heavy atom. The van der Waals surface area contributed by atoms with E-state index in [-0.39, 0.29) is 0 Å². The first-order chi connectivity index (χ1) is 16.8. The average molecular weight is 620 g/mol. The predicted octanol–water partition coefficient (Wildman–Crippen LogP) is 8.39. The molecule has 1 radical (unpaired) electrons. The van der Waals surface area contributed by atoms with Crippen LogP contribution in [0.2, 0.25) is 0 Å². The molecule has 0 fully saturated rings. The number of rotatable bonds is 3. The van der Waals surface area contributed by atoms with Gasteiger partial charge >= 0.3 is 121 Å². The van der Waals surface area contributed by atoms with E-state index in [1.807, 2.05) is 0 Å². The summed E-state index contributed by atoms with van der Waals surface area (Å²) in [6, 6.07) is 32.9. The molecule has 4 rings (SSSR count). The van der Waals surface area contributed by atoms with Crippen LogP contribution in [-0.2, 0) is 16.2 Å². The minimum atomic E-state index is -1.98. The van der Waals surface area contributed by atoms with Gasteiger partial charge in [-0.1, -0.05) is 70.5 Å². The molecule has 1 unspecified atom stereocenters. The fourth-order valence-electron chi connectivity index (χ4n) is 4.13. The van der Waals surface area contributed by atoms with Crippen LogP contribution in [0, 0.1) is 0 Å². The molecule has 0 N–H and O–H groups in total. The molecule has 189 valence electrons. The van der Waals surface area contributed by atoms with Crippen molar-refractivity contribution >= 4 is 46.9 Å². The van der Waals surface area contributed by atoms with Crippen LogP contribution in [-0.4, -0.2) is 19.8 Å². The molecule has 0 amide bonds. The van der Waals surface area contributed by atoms with Gasteiger partial charge in [-0.3, -0.25) is 0 Å². The fraction of sp³-hybridized carbons (Fsp3) is 0.364. The van der Waals surface area contributed by atoms with Gasteiger partial charge in [0.2, 0.25) is 0 Å². The van der Waals surface area contributed by atoms with Crippen LogP contribution in [0.1, 0.15) is 77.9 Å². The molecule has 4 aromatic rings. The van der Waals surface area contributed by atoms with Gasteiger partial charge in [-0.15, -0.1) is 8.19 Å². The molecular weight excluding hydrogens is 577 g/mol. The summed E-state index contributed by atoms with van der Waals surface area (Å²) in [6.45, 7) is 21.2. The minimum absolute atomic E-state index is 0.310. The van der Waals surface area contributed by atoms with Crippen LogP contribution >= 0.6 is 16.4 Å². The Labute approximate surface area is 230 Å². The van der Waals surface area contributed by atoms with Gasteiger partial charge in [0.15, 0.2) is 0 Å². The molecule has 3 aromatic carbocycles. The molecule has 36 heavy (non-hydrogen) atoms. The summed E-state index contributed by atoms with van der Waals surface area (Å²) >= 11 is -1.98. The van der Waals surface area contributed by atoms with Gasteiger partial charge in [-0.05, 0) is 26.8 Å². The predicted molar refractivity (Wildman–Crippen MR) is 169 cm³/mol. The Bertz CT molecular complexity index is 1080. The van der Waals surface area contributed by atoms with Crippen LogP contribution < -0.4 is 10.7 Å². The number of hydrogen-bond acceptors (Lipinski definition) is 0. The van der Waals surface area contributed by atoms with E-state index >= 15 is 0 Å². The summed E-state index contributed by atoms with van der Waals surface area (Å²) in [5.41, 5.74) is 0.981. The molecule has 0 nitrogen and oxygen atoms in total. The third kappa shape index (κ3) is 7.83. The fourth-order valence-corrected chi connectivity index (χ4v) is 15.5. The standard InChI is InChI=1S/C15H28P2.3C6H5.Sn/c1-13(2,3)10-11(14(4,5)6)17-12(16-10)15(7,8)9;3*1-2-4-6-5-3-1;/h16H,1-9H3;3*1-5H;. The second-order valence-electron chi connectivity index (χ2n) is 12.5. The average Bonchev–Trinajstić information content (AvgIpc) is 3.30. The topological polar surface area (TPSA) is 0 Å². The van der Waals surface area contributed by atoms with Crippen LogP contribution in [0.25, 0.3) is 0 Å². The van der Waals surface area contributed by atoms with Gasteiger partial charge in [0.1, 0.15) is 0 Å². The van der Waals surface area contributed by atoms with Gasteiger partial charge in [0.05, 0.1) is 0 Å². The summed E-state index contributed by atoms with van der Waals surface area (Å²) < 4.78 is 4.59. The van der Waals surface area contributed by atoms with Crippen molar-refractivity contribution in [3.63, 3.8) is 0 Å². The number of hydrogen-bond donors (Lipinski definition) is 0. The third-order valence-electron chi connectivity index (χ3n) is 6.06. The van der Waals surface area contributed by atoms with Crippen LogP contribution in [0.5, 0.6) is 0 Å². The summed E-state index contributed by atoms with van der Waals surface area (Å²) in [6.07, 6.45) is 0. The van der Waals surface area contributed by atoms with E-state index in [1.165, 1.54) is 18.9 Å². The van der Waals surface area contributed by atoms with Crippen molar-refractivity contribution in [1.29, 1.82) is 0 Å². The molecule has 0 saturated carbocycles.